The van der Waals surface area contributed by atoms with Crippen LogP contribution < -0.4 is 10.6 Å². The lowest BCUT2D eigenvalue weighted by Crippen LogP contribution is -2.40. The van der Waals surface area contributed by atoms with Crippen molar-refractivity contribution >= 4 is 12.0 Å². The van der Waals surface area contributed by atoms with Gasteiger partial charge in [-0.2, -0.15) is 0 Å². The molecular formula is C14H17FN2O3. The third-order valence-corrected chi connectivity index (χ3v) is 3.50. The van der Waals surface area contributed by atoms with Crippen LogP contribution in [0.15, 0.2) is 24.3 Å². The van der Waals surface area contributed by atoms with E-state index in [1.165, 1.54) is 12.1 Å². The molecule has 1 aliphatic carbocycles. The first-order valence-corrected chi connectivity index (χ1v) is 6.51. The van der Waals surface area contributed by atoms with Crippen molar-refractivity contribution in [3.63, 3.8) is 0 Å². The Morgan fingerprint density at radius 3 is 2.65 bits per heavy atom. The van der Waals surface area contributed by atoms with Crippen LogP contribution in [0, 0.1) is 5.82 Å². The second kappa shape index (κ2) is 5.90. The summed E-state index contributed by atoms with van der Waals surface area (Å²) in [6.07, 6.45) is 1.71. The molecule has 0 aromatic heterocycles. The predicted molar refractivity (Wildman–Crippen MR) is 71.0 cm³/mol. The molecule has 1 aliphatic rings. The van der Waals surface area contributed by atoms with Gasteiger partial charge in [-0.3, -0.25) is 4.79 Å². The SMILES string of the molecule is O=C(O)CCNC(=O)NCC1(c2cccc(F)c2)CC1. The first-order chi connectivity index (χ1) is 9.52. The molecule has 2 rings (SSSR count). The molecule has 0 spiro atoms. The third-order valence-electron chi connectivity index (χ3n) is 3.50. The highest BCUT2D eigenvalue weighted by Crippen LogP contribution is 2.47. The van der Waals surface area contributed by atoms with Crippen LogP contribution in [-0.4, -0.2) is 30.2 Å². The molecule has 1 aromatic carbocycles. The van der Waals surface area contributed by atoms with Gasteiger partial charge in [-0.05, 0) is 30.5 Å². The van der Waals surface area contributed by atoms with Crippen molar-refractivity contribution in [3.05, 3.63) is 35.6 Å². The normalized spacial score (nSPS) is 15.4. The summed E-state index contributed by atoms with van der Waals surface area (Å²) >= 11 is 0. The number of hydrogen-bond acceptors (Lipinski definition) is 2. The van der Waals surface area contributed by atoms with Crippen molar-refractivity contribution in [2.75, 3.05) is 13.1 Å². The number of benzene rings is 1. The highest BCUT2D eigenvalue weighted by Gasteiger charge is 2.44. The Labute approximate surface area is 116 Å². The number of carbonyl (C=O) groups is 2. The van der Waals surface area contributed by atoms with Crippen LogP contribution in [0.25, 0.3) is 0 Å². The van der Waals surface area contributed by atoms with Gasteiger partial charge in [-0.25, -0.2) is 9.18 Å². The van der Waals surface area contributed by atoms with Gasteiger partial charge in [0.2, 0.25) is 0 Å². The van der Waals surface area contributed by atoms with Gasteiger partial charge in [-0.15, -0.1) is 0 Å². The molecular weight excluding hydrogens is 263 g/mol. The topological polar surface area (TPSA) is 78.4 Å². The van der Waals surface area contributed by atoms with Crippen LogP contribution in [0.3, 0.4) is 0 Å². The molecule has 0 radical (unpaired) electrons. The van der Waals surface area contributed by atoms with Gasteiger partial charge < -0.3 is 15.7 Å². The minimum atomic E-state index is -0.955. The van der Waals surface area contributed by atoms with E-state index >= 15 is 0 Å². The summed E-state index contributed by atoms with van der Waals surface area (Å²) in [5, 5.41) is 13.6. The van der Waals surface area contributed by atoms with Gasteiger partial charge in [0.05, 0.1) is 6.42 Å². The van der Waals surface area contributed by atoms with Crippen LogP contribution in [0.1, 0.15) is 24.8 Å². The summed E-state index contributed by atoms with van der Waals surface area (Å²) in [5.41, 5.74) is 0.718. The molecule has 0 bridgehead atoms. The number of halogens is 1. The zero-order valence-corrected chi connectivity index (χ0v) is 11.0. The molecule has 0 atom stereocenters. The predicted octanol–water partition coefficient (Wildman–Crippen LogP) is 1.63. The number of carboxylic acid groups (broad SMARTS) is 1. The molecule has 5 nitrogen and oxygen atoms in total. The quantitative estimate of drug-likeness (QED) is 0.741. The fourth-order valence-corrected chi connectivity index (χ4v) is 2.13. The molecule has 1 fully saturated rings. The first kappa shape index (κ1) is 14.3. The number of aliphatic carboxylic acids is 1. The minimum Gasteiger partial charge on any atom is -0.481 e. The lowest BCUT2D eigenvalue weighted by Gasteiger charge is -2.17. The largest absolute Gasteiger partial charge is 0.481 e. The number of carboxylic acids is 1. The smallest absolute Gasteiger partial charge is 0.314 e. The van der Waals surface area contributed by atoms with Crippen molar-refractivity contribution in [2.24, 2.45) is 0 Å². The number of urea groups is 1. The van der Waals surface area contributed by atoms with E-state index in [1.807, 2.05) is 6.07 Å². The Bertz CT molecular complexity index is 515. The standard InChI is InChI=1S/C14H17FN2O3/c15-11-3-1-2-10(8-11)14(5-6-14)9-17-13(20)16-7-4-12(18)19/h1-3,8H,4-7,9H2,(H,18,19)(H2,16,17,20). The first-order valence-electron chi connectivity index (χ1n) is 6.51. The average Bonchev–Trinajstić information content (AvgIpc) is 3.17. The number of rotatable bonds is 6. The van der Waals surface area contributed by atoms with Crippen molar-refractivity contribution in [1.29, 1.82) is 0 Å². The van der Waals surface area contributed by atoms with Crippen LogP contribution in [0.2, 0.25) is 0 Å². The van der Waals surface area contributed by atoms with E-state index in [0.29, 0.717) is 6.54 Å². The highest BCUT2D eigenvalue weighted by atomic mass is 19.1. The lowest BCUT2D eigenvalue weighted by atomic mass is 9.96. The Balaban J connectivity index is 1.81. The molecule has 108 valence electrons. The van der Waals surface area contributed by atoms with E-state index in [-0.39, 0.29) is 24.2 Å². The maximum absolute atomic E-state index is 13.2. The summed E-state index contributed by atoms with van der Waals surface area (Å²) in [7, 11) is 0. The molecule has 1 saturated carbocycles. The zero-order valence-electron chi connectivity index (χ0n) is 11.0. The summed E-state index contributed by atoms with van der Waals surface area (Å²) in [5.74, 6) is -1.23. The second-order valence-corrected chi connectivity index (χ2v) is 5.04. The maximum Gasteiger partial charge on any atom is 0.314 e. The van der Waals surface area contributed by atoms with Gasteiger partial charge in [0, 0.05) is 18.5 Å². The van der Waals surface area contributed by atoms with E-state index in [2.05, 4.69) is 10.6 Å². The van der Waals surface area contributed by atoms with E-state index in [9.17, 15) is 14.0 Å². The molecule has 0 aliphatic heterocycles. The van der Waals surface area contributed by atoms with E-state index in [1.54, 1.807) is 6.07 Å². The van der Waals surface area contributed by atoms with Crippen LogP contribution in [0.5, 0.6) is 0 Å². The third kappa shape index (κ3) is 3.69. The minimum absolute atomic E-state index is 0.0914. The molecule has 2 amide bonds. The summed E-state index contributed by atoms with van der Waals surface area (Å²) < 4.78 is 13.2. The summed E-state index contributed by atoms with van der Waals surface area (Å²) in [4.78, 5) is 21.8. The monoisotopic (exact) mass is 280 g/mol. The lowest BCUT2D eigenvalue weighted by molar-refractivity contribution is -0.136. The van der Waals surface area contributed by atoms with Crippen LogP contribution in [-0.2, 0) is 10.2 Å². The van der Waals surface area contributed by atoms with Crippen molar-refractivity contribution in [1.82, 2.24) is 10.6 Å². The average molecular weight is 280 g/mol. The highest BCUT2D eigenvalue weighted by molar-refractivity contribution is 5.75. The van der Waals surface area contributed by atoms with Gasteiger partial charge in [0.1, 0.15) is 5.82 Å². The summed E-state index contributed by atoms with van der Waals surface area (Å²) in [6, 6.07) is 6.02. The van der Waals surface area contributed by atoms with Gasteiger partial charge in [0.15, 0.2) is 0 Å². The number of carbonyl (C=O) groups excluding carboxylic acids is 1. The molecule has 20 heavy (non-hydrogen) atoms. The van der Waals surface area contributed by atoms with Crippen molar-refractivity contribution in [2.45, 2.75) is 24.7 Å². The van der Waals surface area contributed by atoms with Gasteiger partial charge in [0.25, 0.3) is 0 Å². The molecule has 3 N–H and O–H groups in total. The molecule has 0 unspecified atom stereocenters. The number of nitrogens with one attached hydrogen (secondary N) is 2. The van der Waals surface area contributed by atoms with Crippen molar-refractivity contribution in [3.8, 4) is 0 Å². The zero-order chi connectivity index (χ0) is 14.6. The number of amides is 2. The second-order valence-electron chi connectivity index (χ2n) is 5.04. The van der Waals surface area contributed by atoms with Gasteiger partial charge in [-0.1, -0.05) is 12.1 Å². The van der Waals surface area contributed by atoms with Crippen LogP contribution in [0.4, 0.5) is 9.18 Å². The maximum atomic E-state index is 13.2. The van der Waals surface area contributed by atoms with E-state index in [4.69, 9.17) is 5.11 Å². The Hall–Kier alpha value is -2.11. The Morgan fingerprint density at radius 2 is 2.05 bits per heavy atom. The van der Waals surface area contributed by atoms with E-state index in [0.717, 1.165) is 18.4 Å². The fourth-order valence-electron chi connectivity index (χ4n) is 2.13. The Morgan fingerprint density at radius 1 is 1.30 bits per heavy atom. The summed E-state index contributed by atoms with van der Waals surface area (Å²) in [6.45, 7) is 0.517. The fraction of sp³-hybridized carbons (Fsp3) is 0.429. The molecule has 6 heteroatoms. The van der Waals surface area contributed by atoms with Crippen molar-refractivity contribution < 1.29 is 19.1 Å². The number of hydrogen-bond donors (Lipinski definition) is 3. The molecule has 0 saturated heterocycles. The van der Waals surface area contributed by atoms with E-state index < -0.39 is 12.0 Å². The van der Waals surface area contributed by atoms with Crippen LogP contribution >= 0.6 is 0 Å². The Kier molecular flexibility index (Phi) is 4.22. The molecule has 0 heterocycles. The van der Waals surface area contributed by atoms with Gasteiger partial charge >= 0.3 is 12.0 Å². The molecule has 1 aromatic rings.